The van der Waals surface area contributed by atoms with Gasteiger partial charge in [0.25, 0.3) is 11.4 Å². The van der Waals surface area contributed by atoms with E-state index in [0.29, 0.717) is 19.6 Å². The van der Waals surface area contributed by atoms with Crippen molar-refractivity contribution in [2.24, 2.45) is 0 Å². The van der Waals surface area contributed by atoms with Gasteiger partial charge < -0.3 is 19.6 Å². The third kappa shape index (κ3) is 15.3. The molecule has 39 heavy (non-hydrogen) atoms. The van der Waals surface area contributed by atoms with Crippen molar-refractivity contribution in [1.29, 1.82) is 0 Å². The molecule has 2 rings (SSSR count). The lowest BCUT2D eigenvalue weighted by Crippen LogP contribution is -2.27. The Kier molecular flexibility index (Phi) is 20.1. The largest absolute Gasteiger partial charge is 0.396 e. The Labute approximate surface area is 232 Å². The number of hydrogen-bond donors (Lipinski definition) is 1. The fourth-order valence-electron chi connectivity index (χ4n) is 3.31. The molecule has 216 valence electrons. The van der Waals surface area contributed by atoms with Gasteiger partial charge in [-0.05, 0) is 57.4 Å². The predicted octanol–water partition coefficient (Wildman–Crippen LogP) is 6.40. The molecule has 0 radical (unpaired) electrons. The van der Waals surface area contributed by atoms with Crippen molar-refractivity contribution in [3.8, 4) is 0 Å². The minimum Gasteiger partial charge on any atom is -0.396 e. The van der Waals surface area contributed by atoms with Crippen molar-refractivity contribution < 1.29 is 19.7 Å². The van der Waals surface area contributed by atoms with Gasteiger partial charge in [-0.15, -0.1) is 13.2 Å². The number of benzene rings is 2. The Morgan fingerprint density at radius 1 is 0.769 bits per heavy atom. The van der Waals surface area contributed by atoms with Gasteiger partial charge >= 0.3 is 0 Å². The number of anilines is 2. The van der Waals surface area contributed by atoms with Gasteiger partial charge in [0.2, 0.25) is 0 Å². The summed E-state index contributed by atoms with van der Waals surface area (Å²) in [6.07, 6.45) is 6.14. The predicted molar refractivity (Wildman–Crippen MR) is 160 cm³/mol. The second-order valence-corrected chi connectivity index (χ2v) is 8.20. The fourth-order valence-corrected chi connectivity index (χ4v) is 3.31. The smallest absolute Gasteiger partial charge is 0.269 e. The van der Waals surface area contributed by atoms with Crippen LogP contribution in [-0.4, -0.2) is 61.0 Å². The molecule has 2 aromatic rings. The zero-order chi connectivity index (χ0) is 29.5. The number of likely N-dealkylation sites (N-methyl/N-ethyl adjacent to an activating group) is 1. The molecule has 0 atom stereocenters. The Morgan fingerprint density at radius 3 is 1.51 bits per heavy atom. The number of rotatable bonds is 16. The number of hydrogen-bond acceptors (Lipinski definition) is 8. The third-order valence-electron chi connectivity index (χ3n) is 5.41. The normalized spacial score (nSPS) is 9.74. The second kappa shape index (κ2) is 22.2. The lowest BCUT2D eigenvalue weighted by molar-refractivity contribution is -0.385. The number of ether oxygens (including phenoxy) is 1. The molecule has 0 aliphatic rings. The maximum Gasteiger partial charge on any atom is 0.269 e. The first-order chi connectivity index (χ1) is 18.8. The molecule has 10 heteroatoms. The molecule has 0 saturated heterocycles. The molecule has 0 aromatic heterocycles. The molecule has 0 aliphatic heterocycles. The van der Waals surface area contributed by atoms with E-state index < -0.39 is 4.92 Å². The zero-order valence-electron chi connectivity index (χ0n) is 23.5. The van der Waals surface area contributed by atoms with Crippen LogP contribution in [0, 0.1) is 20.2 Å². The number of nitro benzene ring substituents is 2. The Hall–Kier alpha value is -3.76. The van der Waals surface area contributed by atoms with Gasteiger partial charge in [-0.3, -0.25) is 20.2 Å². The Morgan fingerprint density at radius 2 is 1.21 bits per heavy atom. The van der Waals surface area contributed by atoms with Gasteiger partial charge in [0, 0.05) is 68.4 Å². The number of nitro groups is 2. The molecule has 0 unspecified atom stereocenters. The summed E-state index contributed by atoms with van der Waals surface area (Å²) in [5, 5.41) is 29.1. The van der Waals surface area contributed by atoms with Crippen molar-refractivity contribution in [1.82, 2.24) is 0 Å². The van der Waals surface area contributed by atoms with Crippen LogP contribution in [0.2, 0.25) is 0 Å². The number of non-ortho nitro benzene ring substituents is 2. The molecule has 1 N–H and O–H groups in total. The van der Waals surface area contributed by atoms with Gasteiger partial charge in [-0.25, -0.2) is 0 Å². The Balaban J connectivity index is 0.000000643. The van der Waals surface area contributed by atoms with Gasteiger partial charge in [0.15, 0.2) is 0 Å². The monoisotopic (exact) mass is 544 g/mol. The Bertz CT molecular complexity index is 951. The third-order valence-corrected chi connectivity index (χ3v) is 5.41. The summed E-state index contributed by atoms with van der Waals surface area (Å²) in [5.41, 5.74) is 2.28. The van der Waals surface area contributed by atoms with Crippen LogP contribution in [0.3, 0.4) is 0 Å². The minimum absolute atomic E-state index is 0.113. The van der Waals surface area contributed by atoms with Crippen LogP contribution in [0.4, 0.5) is 22.7 Å². The van der Waals surface area contributed by atoms with Crippen LogP contribution in [0.1, 0.15) is 40.0 Å². The first-order valence-electron chi connectivity index (χ1n) is 13.2. The molecular formula is C29H44N4O6. The van der Waals surface area contributed by atoms with E-state index in [2.05, 4.69) is 36.8 Å². The van der Waals surface area contributed by atoms with Crippen LogP contribution in [0.15, 0.2) is 73.8 Å². The SMILES string of the molecule is C=CCCO.C=CCCOCCN(CC)c1ccc([N+](=O)[O-])cc1.CCCN(CC)c1ccc([N+](=O)[O-])cc1. The summed E-state index contributed by atoms with van der Waals surface area (Å²) >= 11 is 0. The summed E-state index contributed by atoms with van der Waals surface area (Å²) in [7, 11) is 0. The van der Waals surface area contributed by atoms with E-state index in [-0.39, 0.29) is 22.9 Å². The molecule has 0 heterocycles. The summed E-state index contributed by atoms with van der Waals surface area (Å²) in [6.45, 7) is 18.3. The first kappa shape index (κ1) is 35.2. The standard InChI is InChI=1S/C14H20N2O3.C11H16N2O2.C4H8O/c1-3-5-11-19-12-10-15(4-2)13-6-8-14(9-7-13)16(17)18;1-3-9-12(4-2)10-5-7-11(8-6-10)13(14)15;1-2-3-4-5/h3,6-9H,1,4-5,10-12H2,2H3;5-8H,3-4,9H2,1-2H3;2,5H,1,3-4H2. The molecule has 0 spiro atoms. The molecular weight excluding hydrogens is 500 g/mol. The summed E-state index contributed by atoms with van der Waals surface area (Å²) in [5.74, 6) is 0. The molecule has 2 aromatic carbocycles. The average molecular weight is 545 g/mol. The molecule has 10 nitrogen and oxygen atoms in total. The molecule has 0 saturated carbocycles. The highest BCUT2D eigenvalue weighted by atomic mass is 16.6. The van der Waals surface area contributed by atoms with Gasteiger partial charge in [-0.1, -0.05) is 19.1 Å². The van der Waals surface area contributed by atoms with Gasteiger partial charge in [-0.2, -0.15) is 0 Å². The highest BCUT2D eigenvalue weighted by Gasteiger charge is 2.09. The first-order valence-corrected chi connectivity index (χ1v) is 13.2. The van der Waals surface area contributed by atoms with E-state index in [0.717, 1.165) is 50.4 Å². The van der Waals surface area contributed by atoms with Gasteiger partial charge in [0.1, 0.15) is 0 Å². The average Bonchev–Trinajstić information content (AvgIpc) is 2.95. The number of aliphatic hydroxyl groups excluding tert-OH is 1. The van der Waals surface area contributed by atoms with Crippen molar-refractivity contribution in [2.75, 3.05) is 55.8 Å². The van der Waals surface area contributed by atoms with Crippen LogP contribution >= 0.6 is 0 Å². The lowest BCUT2D eigenvalue weighted by Gasteiger charge is -2.22. The van der Waals surface area contributed by atoms with Crippen LogP contribution in [0.25, 0.3) is 0 Å². The van der Waals surface area contributed by atoms with Gasteiger partial charge in [0.05, 0.1) is 23.1 Å². The molecule has 0 bridgehead atoms. The maximum absolute atomic E-state index is 10.6. The number of nitrogens with zero attached hydrogens (tertiary/aromatic N) is 4. The molecule has 0 fully saturated rings. The van der Waals surface area contributed by atoms with Crippen LogP contribution < -0.4 is 9.80 Å². The van der Waals surface area contributed by atoms with Crippen molar-refractivity contribution in [3.05, 3.63) is 94.1 Å². The van der Waals surface area contributed by atoms with Crippen LogP contribution in [0.5, 0.6) is 0 Å². The van der Waals surface area contributed by atoms with Crippen molar-refractivity contribution in [3.63, 3.8) is 0 Å². The molecule has 0 amide bonds. The number of aliphatic hydroxyl groups is 1. The van der Waals surface area contributed by atoms with E-state index in [1.165, 1.54) is 12.1 Å². The van der Waals surface area contributed by atoms with E-state index in [4.69, 9.17) is 9.84 Å². The second-order valence-electron chi connectivity index (χ2n) is 8.20. The minimum atomic E-state index is -0.390. The van der Waals surface area contributed by atoms with E-state index in [1.807, 2.05) is 13.0 Å². The van der Waals surface area contributed by atoms with E-state index >= 15 is 0 Å². The topological polar surface area (TPSA) is 122 Å². The zero-order valence-corrected chi connectivity index (χ0v) is 23.5. The summed E-state index contributed by atoms with van der Waals surface area (Å²) in [6, 6.07) is 13.3. The quantitative estimate of drug-likeness (QED) is 0.111. The summed E-state index contributed by atoms with van der Waals surface area (Å²) in [4.78, 5) is 24.6. The van der Waals surface area contributed by atoms with Crippen molar-refractivity contribution >= 4 is 22.7 Å². The highest BCUT2D eigenvalue weighted by Crippen LogP contribution is 2.20. The maximum atomic E-state index is 10.6. The summed E-state index contributed by atoms with van der Waals surface area (Å²) < 4.78 is 5.47. The fraction of sp³-hybridized carbons (Fsp3) is 0.448. The van der Waals surface area contributed by atoms with Crippen LogP contribution in [-0.2, 0) is 4.74 Å². The lowest BCUT2D eigenvalue weighted by atomic mass is 10.2. The van der Waals surface area contributed by atoms with E-state index in [1.54, 1.807) is 42.5 Å². The molecule has 0 aliphatic carbocycles. The van der Waals surface area contributed by atoms with Crippen molar-refractivity contribution in [2.45, 2.75) is 40.0 Å². The highest BCUT2D eigenvalue weighted by molar-refractivity contribution is 5.51. The van der Waals surface area contributed by atoms with E-state index in [9.17, 15) is 20.2 Å².